The van der Waals surface area contributed by atoms with Gasteiger partial charge in [0.05, 0.1) is 5.02 Å². The molecule has 0 radical (unpaired) electrons. The van der Waals surface area contributed by atoms with Crippen LogP contribution >= 0.6 is 11.6 Å². The second-order valence-electron chi connectivity index (χ2n) is 3.60. The molecule has 3 nitrogen and oxygen atoms in total. The monoisotopic (exact) mass is 274 g/mol. The molecule has 0 heterocycles. The highest BCUT2D eigenvalue weighted by Gasteiger charge is 2.20. The Hall–Kier alpha value is -0.970. The van der Waals surface area contributed by atoms with Gasteiger partial charge >= 0.3 is 0 Å². The number of carbonyl (C=O) groups is 1. The van der Waals surface area contributed by atoms with Gasteiger partial charge in [0, 0.05) is 19.6 Å². The number of hydrogen-bond acceptors (Lipinski definition) is 3. The SMILES string of the molecule is CCOC(OCC)C(=O)Cc1cccc(Cl)c1F. The van der Waals surface area contributed by atoms with Gasteiger partial charge in [0.1, 0.15) is 5.82 Å². The van der Waals surface area contributed by atoms with Crippen molar-refractivity contribution in [3.63, 3.8) is 0 Å². The Morgan fingerprint density at radius 2 is 1.94 bits per heavy atom. The van der Waals surface area contributed by atoms with Crippen LogP contribution in [-0.4, -0.2) is 25.3 Å². The van der Waals surface area contributed by atoms with Gasteiger partial charge in [0.15, 0.2) is 5.78 Å². The van der Waals surface area contributed by atoms with Crippen LogP contribution in [0.15, 0.2) is 18.2 Å². The molecule has 1 aromatic carbocycles. The van der Waals surface area contributed by atoms with Gasteiger partial charge in [-0.3, -0.25) is 4.79 Å². The second-order valence-corrected chi connectivity index (χ2v) is 4.01. The minimum Gasteiger partial charge on any atom is -0.346 e. The average molecular weight is 275 g/mol. The van der Waals surface area contributed by atoms with Crippen molar-refractivity contribution in [1.82, 2.24) is 0 Å². The van der Waals surface area contributed by atoms with Gasteiger partial charge in [-0.15, -0.1) is 0 Å². The number of carbonyl (C=O) groups excluding carboxylic acids is 1. The molecule has 0 saturated carbocycles. The first-order chi connectivity index (χ1) is 8.60. The lowest BCUT2D eigenvalue weighted by molar-refractivity contribution is -0.167. The Kier molecular flexibility index (Phi) is 6.25. The fraction of sp³-hybridized carbons (Fsp3) is 0.462. The molecule has 0 bridgehead atoms. The molecule has 0 N–H and O–H groups in total. The van der Waals surface area contributed by atoms with Crippen LogP contribution in [0.25, 0.3) is 0 Å². The summed E-state index contributed by atoms with van der Waals surface area (Å²) in [6.07, 6.45) is -1.05. The third-order valence-electron chi connectivity index (χ3n) is 2.30. The topological polar surface area (TPSA) is 35.5 Å². The standard InChI is InChI=1S/C13H16ClFO3/c1-3-17-13(18-4-2)11(16)8-9-6-5-7-10(14)12(9)15/h5-7,13H,3-4,8H2,1-2H3. The second kappa shape index (κ2) is 7.46. The molecular formula is C13H16ClFO3. The molecule has 0 aliphatic rings. The summed E-state index contributed by atoms with van der Waals surface area (Å²) in [5.74, 6) is -0.890. The third kappa shape index (κ3) is 4.05. The third-order valence-corrected chi connectivity index (χ3v) is 2.59. The predicted octanol–water partition coefficient (Wildman–Crippen LogP) is 2.99. The van der Waals surface area contributed by atoms with Crippen LogP contribution in [0.4, 0.5) is 4.39 Å². The first-order valence-corrected chi connectivity index (χ1v) is 6.16. The molecule has 0 fully saturated rings. The Bertz CT molecular complexity index is 403. The van der Waals surface area contributed by atoms with E-state index < -0.39 is 12.1 Å². The maximum atomic E-state index is 13.6. The summed E-state index contributed by atoms with van der Waals surface area (Å²) in [5, 5.41) is 0.00432. The van der Waals surface area contributed by atoms with Crippen molar-refractivity contribution in [3.05, 3.63) is 34.6 Å². The first kappa shape index (κ1) is 15.1. The van der Waals surface area contributed by atoms with Gasteiger partial charge < -0.3 is 9.47 Å². The fourth-order valence-corrected chi connectivity index (χ4v) is 1.69. The first-order valence-electron chi connectivity index (χ1n) is 5.78. The summed E-state index contributed by atoms with van der Waals surface area (Å²) in [7, 11) is 0. The zero-order valence-electron chi connectivity index (χ0n) is 10.4. The number of ketones is 1. The molecular weight excluding hydrogens is 259 g/mol. The molecule has 0 spiro atoms. The van der Waals surface area contributed by atoms with Crippen molar-refractivity contribution in [2.24, 2.45) is 0 Å². The van der Waals surface area contributed by atoms with Gasteiger partial charge in [0.25, 0.3) is 0 Å². The van der Waals surface area contributed by atoms with Gasteiger partial charge in [-0.05, 0) is 25.5 Å². The molecule has 0 unspecified atom stereocenters. The van der Waals surface area contributed by atoms with Gasteiger partial charge in [-0.1, -0.05) is 23.7 Å². The molecule has 1 rings (SSSR count). The summed E-state index contributed by atoms with van der Waals surface area (Å²) in [5.41, 5.74) is 0.247. The van der Waals surface area contributed by atoms with Crippen LogP contribution in [0.3, 0.4) is 0 Å². The fourth-order valence-electron chi connectivity index (χ4n) is 1.49. The number of ether oxygens (including phenoxy) is 2. The van der Waals surface area contributed by atoms with Gasteiger partial charge in [0.2, 0.25) is 6.29 Å². The Balaban J connectivity index is 2.75. The molecule has 18 heavy (non-hydrogen) atoms. The quantitative estimate of drug-likeness (QED) is 0.717. The van der Waals surface area contributed by atoms with Crippen molar-refractivity contribution in [2.45, 2.75) is 26.6 Å². The van der Waals surface area contributed by atoms with E-state index in [-0.39, 0.29) is 22.8 Å². The zero-order chi connectivity index (χ0) is 13.5. The van der Waals surface area contributed by atoms with Crippen molar-refractivity contribution >= 4 is 17.4 Å². The summed E-state index contributed by atoms with van der Waals surface area (Å²) in [4.78, 5) is 11.9. The Labute approximate surface area is 111 Å². The van der Waals surface area contributed by atoms with Crippen molar-refractivity contribution in [2.75, 3.05) is 13.2 Å². The van der Waals surface area contributed by atoms with Crippen molar-refractivity contribution in [3.8, 4) is 0 Å². The van der Waals surface area contributed by atoms with E-state index >= 15 is 0 Å². The molecule has 0 aliphatic heterocycles. The van der Waals surface area contributed by atoms with Crippen molar-refractivity contribution < 1.29 is 18.7 Å². The van der Waals surface area contributed by atoms with E-state index in [1.807, 2.05) is 0 Å². The summed E-state index contributed by atoms with van der Waals surface area (Å²) in [6.45, 7) is 4.24. The summed E-state index contributed by atoms with van der Waals surface area (Å²) < 4.78 is 23.9. The molecule has 0 saturated heterocycles. The van der Waals surface area contributed by atoms with Crippen LogP contribution in [0, 0.1) is 5.82 Å². The lowest BCUT2D eigenvalue weighted by Gasteiger charge is -2.15. The van der Waals surface area contributed by atoms with Crippen LogP contribution in [0.2, 0.25) is 5.02 Å². The maximum Gasteiger partial charge on any atom is 0.218 e. The Morgan fingerprint density at radius 3 is 2.50 bits per heavy atom. The number of hydrogen-bond donors (Lipinski definition) is 0. The number of benzene rings is 1. The molecule has 100 valence electrons. The largest absolute Gasteiger partial charge is 0.346 e. The van der Waals surface area contributed by atoms with E-state index in [0.717, 1.165) is 0 Å². The molecule has 0 aliphatic carbocycles. The number of halogens is 2. The number of rotatable bonds is 7. The van der Waals surface area contributed by atoms with Crippen LogP contribution in [0.1, 0.15) is 19.4 Å². The van der Waals surface area contributed by atoms with E-state index in [1.54, 1.807) is 19.9 Å². The van der Waals surface area contributed by atoms with E-state index in [0.29, 0.717) is 13.2 Å². The van der Waals surface area contributed by atoms with E-state index in [9.17, 15) is 9.18 Å². The molecule has 0 atom stereocenters. The van der Waals surface area contributed by atoms with E-state index in [2.05, 4.69) is 0 Å². The van der Waals surface area contributed by atoms with Crippen LogP contribution < -0.4 is 0 Å². The molecule has 1 aromatic rings. The van der Waals surface area contributed by atoms with Gasteiger partial charge in [-0.2, -0.15) is 0 Å². The molecule has 5 heteroatoms. The van der Waals surface area contributed by atoms with E-state index in [1.165, 1.54) is 12.1 Å². The smallest absolute Gasteiger partial charge is 0.218 e. The highest BCUT2D eigenvalue weighted by Crippen LogP contribution is 2.19. The zero-order valence-corrected chi connectivity index (χ0v) is 11.2. The highest BCUT2D eigenvalue weighted by molar-refractivity contribution is 6.30. The molecule has 0 amide bonds. The summed E-state index contributed by atoms with van der Waals surface area (Å²) in [6, 6.07) is 4.56. The lowest BCUT2D eigenvalue weighted by atomic mass is 10.1. The maximum absolute atomic E-state index is 13.6. The van der Waals surface area contributed by atoms with E-state index in [4.69, 9.17) is 21.1 Å². The van der Waals surface area contributed by atoms with Gasteiger partial charge in [-0.25, -0.2) is 4.39 Å². The highest BCUT2D eigenvalue weighted by atomic mass is 35.5. The Morgan fingerprint density at radius 1 is 1.33 bits per heavy atom. The van der Waals surface area contributed by atoms with Crippen LogP contribution in [-0.2, 0) is 20.7 Å². The predicted molar refractivity (Wildman–Crippen MR) is 67.2 cm³/mol. The minimum atomic E-state index is -0.946. The average Bonchev–Trinajstić information content (AvgIpc) is 2.34. The normalized spacial score (nSPS) is 10.9. The number of Topliss-reactive ketones (excluding diaryl/α,β-unsaturated/α-hetero) is 1. The summed E-state index contributed by atoms with van der Waals surface area (Å²) >= 11 is 5.65. The van der Waals surface area contributed by atoms with Crippen LogP contribution in [0.5, 0.6) is 0 Å². The lowest BCUT2D eigenvalue weighted by Crippen LogP contribution is -2.29. The van der Waals surface area contributed by atoms with Crippen molar-refractivity contribution in [1.29, 1.82) is 0 Å². The minimum absolute atomic E-state index is 0.00432. The molecule has 0 aromatic heterocycles.